The first kappa shape index (κ1) is 34.1. The van der Waals surface area contributed by atoms with Gasteiger partial charge in [-0.25, -0.2) is 21.6 Å². The van der Waals surface area contributed by atoms with E-state index in [0.29, 0.717) is 25.9 Å². The number of sulfonamides is 1. The van der Waals surface area contributed by atoms with Crippen molar-refractivity contribution in [3.63, 3.8) is 0 Å². The van der Waals surface area contributed by atoms with E-state index in [4.69, 9.17) is 10.5 Å². The first-order valence-electron chi connectivity index (χ1n) is 15.7. The lowest BCUT2D eigenvalue weighted by Gasteiger charge is -2.39. The highest BCUT2D eigenvalue weighted by Gasteiger charge is 2.38. The van der Waals surface area contributed by atoms with Gasteiger partial charge in [0.2, 0.25) is 15.9 Å². The molecule has 3 aromatic rings. The van der Waals surface area contributed by atoms with Crippen molar-refractivity contribution in [1.82, 2.24) is 9.62 Å². The van der Waals surface area contributed by atoms with E-state index in [9.17, 15) is 22.0 Å². The molecule has 2 saturated heterocycles. The van der Waals surface area contributed by atoms with Crippen LogP contribution >= 0.6 is 0 Å². The lowest BCUT2D eigenvalue weighted by molar-refractivity contribution is -0.119. The van der Waals surface area contributed by atoms with E-state index < -0.39 is 51.4 Å². The van der Waals surface area contributed by atoms with Gasteiger partial charge in [0.05, 0.1) is 23.1 Å². The molecule has 6 atom stereocenters. The Morgan fingerprint density at radius 3 is 2.28 bits per heavy atom. The molecule has 248 valence electrons. The number of hydrogen-bond acceptors (Lipinski definition) is 6. The molecule has 0 unspecified atom stereocenters. The molecule has 8 nitrogen and oxygen atoms in total. The van der Waals surface area contributed by atoms with Gasteiger partial charge in [0.25, 0.3) is 0 Å². The number of nitrogens with two attached hydrogens (primary N) is 1. The average Bonchev–Trinajstić information content (AvgIpc) is 3.01. The molecule has 3 aromatic carbocycles. The Morgan fingerprint density at radius 1 is 1.00 bits per heavy atom. The van der Waals surface area contributed by atoms with E-state index in [1.54, 1.807) is 18.2 Å². The molecule has 1 amide bonds. The fourth-order valence-corrected chi connectivity index (χ4v) is 8.53. The van der Waals surface area contributed by atoms with Crippen LogP contribution in [0.25, 0.3) is 0 Å². The Hall–Kier alpha value is -3.29. The number of rotatable bonds is 10. The predicted octanol–water partition coefficient (Wildman–Crippen LogP) is 4.95. The highest BCUT2D eigenvalue weighted by molar-refractivity contribution is 7.89. The zero-order valence-electron chi connectivity index (χ0n) is 26.0. The number of carbonyl (C=O) groups excluding carboxylic acids is 1. The van der Waals surface area contributed by atoms with Crippen molar-refractivity contribution >= 4 is 21.6 Å². The van der Waals surface area contributed by atoms with E-state index in [-0.39, 0.29) is 53.7 Å². The monoisotopic (exact) mass is 658 g/mol. The van der Waals surface area contributed by atoms with Gasteiger partial charge in [-0.1, -0.05) is 18.2 Å². The third-order valence-corrected chi connectivity index (χ3v) is 11.0. The van der Waals surface area contributed by atoms with Crippen molar-refractivity contribution in [2.24, 2.45) is 11.7 Å². The number of nitrogens with one attached hydrogen (secondary N) is 2. The summed E-state index contributed by atoms with van der Waals surface area (Å²) >= 11 is 0. The minimum atomic E-state index is -3.93. The maximum absolute atomic E-state index is 15.3. The second-order valence-electron chi connectivity index (χ2n) is 12.3. The van der Waals surface area contributed by atoms with Crippen LogP contribution in [0.15, 0.2) is 71.6 Å². The van der Waals surface area contributed by atoms with Crippen LogP contribution in [0.1, 0.15) is 50.2 Å². The quantitative estimate of drug-likeness (QED) is 0.284. The van der Waals surface area contributed by atoms with Crippen molar-refractivity contribution in [3.8, 4) is 0 Å². The van der Waals surface area contributed by atoms with Crippen LogP contribution in [0, 0.1) is 23.4 Å². The van der Waals surface area contributed by atoms with Crippen LogP contribution in [-0.4, -0.2) is 62.6 Å². The van der Waals surface area contributed by atoms with Crippen molar-refractivity contribution in [2.75, 3.05) is 25.0 Å². The molecule has 2 heterocycles. The summed E-state index contributed by atoms with van der Waals surface area (Å²) in [6, 6.07) is 13.5. The Morgan fingerprint density at radius 2 is 1.63 bits per heavy atom. The van der Waals surface area contributed by atoms with E-state index >= 15 is 4.39 Å². The number of amides is 1. The molecule has 0 spiro atoms. The fourth-order valence-electron chi connectivity index (χ4n) is 6.87. The van der Waals surface area contributed by atoms with Crippen LogP contribution in [0.2, 0.25) is 0 Å². The summed E-state index contributed by atoms with van der Waals surface area (Å²) in [5.41, 5.74) is 7.89. The van der Waals surface area contributed by atoms with E-state index in [2.05, 4.69) is 10.6 Å². The molecule has 4 N–H and O–H groups in total. The molecule has 0 bridgehead atoms. The maximum atomic E-state index is 15.3. The van der Waals surface area contributed by atoms with Gasteiger partial charge in [0.15, 0.2) is 0 Å². The highest BCUT2D eigenvalue weighted by Crippen LogP contribution is 2.39. The number of hydrogen-bond donors (Lipinski definition) is 3. The smallest absolute Gasteiger partial charge is 0.243 e. The second kappa shape index (κ2) is 14.6. The standard InChI is InChI=1S/C34H41F3N4O4S/c1-21-18-24(19-22(2)45-21)32(23-6-8-25(35)9-7-23)33(38)34(42)40-31-5-3-4-30(37)29(31)15-12-27-20-39-16-17-41(27)46(43,44)28-13-10-26(36)11-14-28/h3-11,13-14,21-22,24,27,32-33,39H,12,15-20,38H2,1-2H3,(H,40,42)/t21-,22+,24+,27-,32-,33-/m0/s1. The number of nitrogens with zero attached hydrogens (tertiary/aromatic N) is 1. The minimum Gasteiger partial charge on any atom is -0.376 e. The average molecular weight is 659 g/mol. The van der Waals surface area contributed by atoms with E-state index in [1.807, 2.05) is 13.8 Å². The summed E-state index contributed by atoms with van der Waals surface area (Å²) in [7, 11) is -3.93. The molecular weight excluding hydrogens is 617 g/mol. The fraction of sp³-hybridized carbons (Fsp3) is 0.441. The molecule has 12 heteroatoms. The Bertz CT molecular complexity index is 1600. The molecular formula is C34H41F3N4O4S. The SMILES string of the molecule is C[C@@H]1C[C@H]([C@H](c2ccc(F)cc2)[C@H](N)C(=O)Nc2cccc(F)c2CC[C@H]2CNCCN2S(=O)(=O)c2ccc(F)cc2)C[C@H](C)O1. The molecule has 5 rings (SSSR count). The summed E-state index contributed by atoms with van der Waals surface area (Å²) in [4.78, 5) is 13.7. The van der Waals surface area contributed by atoms with Gasteiger partial charge in [-0.15, -0.1) is 0 Å². The van der Waals surface area contributed by atoms with Crippen molar-refractivity contribution in [2.45, 2.75) is 74.6 Å². The molecule has 0 aliphatic carbocycles. The minimum absolute atomic E-state index is 0.00946. The second-order valence-corrected chi connectivity index (χ2v) is 14.2. The van der Waals surface area contributed by atoms with Crippen LogP contribution in [-0.2, 0) is 26.0 Å². The predicted molar refractivity (Wildman–Crippen MR) is 170 cm³/mol. The van der Waals surface area contributed by atoms with Gasteiger partial charge in [-0.2, -0.15) is 4.31 Å². The van der Waals surface area contributed by atoms with Gasteiger partial charge in [0.1, 0.15) is 17.5 Å². The summed E-state index contributed by atoms with van der Waals surface area (Å²) in [5.74, 6) is -2.42. The first-order chi connectivity index (χ1) is 21.9. The van der Waals surface area contributed by atoms with Gasteiger partial charge in [0, 0.05) is 42.8 Å². The summed E-state index contributed by atoms with van der Waals surface area (Å²) in [6.45, 7) is 4.94. The Labute approximate surface area is 268 Å². The third-order valence-electron chi connectivity index (χ3n) is 9.01. The van der Waals surface area contributed by atoms with E-state index in [1.165, 1.54) is 40.7 Å². The highest BCUT2D eigenvalue weighted by atomic mass is 32.2. The molecule has 0 saturated carbocycles. The van der Waals surface area contributed by atoms with Crippen LogP contribution in [0.4, 0.5) is 18.9 Å². The summed E-state index contributed by atoms with van der Waals surface area (Å²) < 4.78 is 76.8. The molecule has 2 aliphatic rings. The molecule has 2 fully saturated rings. The third kappa shape index (κ3) is 7.80. The number of ether oxygens (including phenoxy) is 1. The number of carbonyl (C=O) groups is 1. The van der Waals surface area contributed by atoms with Crippen molar-refractivity contribution < 1.29 is 31.1 Å². The van der Waals surface area contributed by atoms with Gasteiger partial charge in [-0.3, -0.25) is 4.79 Å². The van der Waals surface area contributed by atoms with Gasteiger partial charge >= 0.3 is 0 Å². The number of piperazine rings is 1. The van der Waals surface area contributed by atoms with Gasteiger partial charge < -0.3 is 21.1 Å². The largest absolute Gasteiger partial charge is 0.376 e. The molecule has 2 aliphatic heterocycles. The molecule has 0 aromatic heterocycles. The Kier molecular flexibility index (Phi) is 10.8. The molecule has 0 radical (unpaired) electrons. The van der Waals surface area contributed by atoms with Crippen molar-refractivity contribution in [3.05, 3.63) is 95.3 Å². The number of halogens is 3. The summed E-state index contributed by atoms with van der Waals surface area (Å²) in [6.07, 6.45) is 1.66. The van der Waals surface area contributed by atoms with Crippen LogP contribution < -0.4 is 16.4 Å². The van der Waals surface area contributed by atoms with E-state index in [0.717, 1.165) is 17.7 Å². The van der Waals surface area contributed by atoms with Crippen molar-refractivity contribution in [1.29, 1.82) is 0 Å². The van der Waals surface area contributed by atoms with Crippen LogP contribution in [0.3, 0.4) is 0 Å². The number of anilines is 1. The zero-order chi connectivity index (χ0) is 33.0. The lowest BCUT2D eigenvalue weighted by atomic mass is 9.74. The zero-order valence-corrected chi connectivity index (χ0v) is 26.8. The maximum Gasteiger partial charge on any atom is 0.243 e. The normalized spacial score (nSPS) is 23.9. The number of benzene rings is 3. The topological polar surface area (TPSA) is 114 Å². The first-order valence-corrected chi connectivity index (χ1v) is 17.1. The van der Waals surface area contributed by atoms with Crippen LogP contribution in [0.5, 0.6) is 0 Å². The molecule has 46 heavy (non-hydrogen) atoms. The summed E-state index contributed by atoms with van der Waals surface area (Å²) in [5, 5.41) is 6.04. The lowest BCUT2D eigenvalue weighted by Crippen LogP contribution is -2.53. The Balaban J connectivity index is 1.35. The van der Waals surface area contributed by atoms with Gasteiger partial charge in [-0.05, 0) is 99.5 Å².